The number of rotatable bonds is 13. The molecule has 0 fully saturated rings. The number of carbonyl (C=O) groups is 2. The first-order valence-corrected chi connectivity index (χ1v) is 11.0. The molecule has 2 aromatic rings. The average Bonchev–Trinajstić information content (AvgIpc) is 3.23. The van der Waals surface area contributed by atoms with Gasteiger partial charge in [-0.1, -0.05) is 0 Å². The molecule has 13 heteroatoms. The van der Waals surface area contributed by atoms with Gasteiger partial charge < -0.3 is 24.4 Å². The van der Waals surface area contributed by atoms with E-state index in [0.29, 0.717) is 43.4 Å². The van der Waals surface area contributed by atoms with Crippen LogP contribution in [-0.2, 0) is 14.3 Å². The maximum absolute atomic E-state index is 11.8. The fourth-order valence-corrected chi connectivity index (χ4v) is 3.79. The molecule has 0 saturated heterocycles. The SMILES string of the molecule is COCCN(CCOC)c1cc(NC(C)=O)c(N=Nc2sc(C(C)=O)cc2[N+](=O)[O-])cc1OC. The lowest BCUT2D eigenvalue weighted by Gasteiger charge is -2.27. The Morgan fingerprint density at radius 2 is 1.74 bits per heavy atom. The third-order valence-electron chi connectivity index (χ3n) is 4.57. The third-order valence-corrected chi connectivity index (χ3v) is 5.67. The van der Waals surface area contributed by atoms with Gasteiger partial charge in [0.15, 0.2) is 5.78 Å². The summed E-state index contributed by atoms with van der Waals surface area (Å²) < 4.78 is 15.9. The molecule has 2 rings (SSSR count). The molecule has 184 valence electrons. The Balaban J connectivity index is 2.57. The Hall–Kier alpha value is -3.42. The lowest BCUT2D eigenvalue weighted by atomic mass is 10.2. The van der Waals surface area contributed by atoms with E-state index >= 15 is 0 Å². The van der Waals surface area contributed by atoms with Crippen molar-refractivity contribution in [3.05, 3.63) is 33.2 Å². The van der Waals surface area contributed by atoms with Crippen LogP contribution in [0.25, 0.3) is 0 Å². The molecule has 0 bridgehead atoms. The van der Waals surface area contributed by atoms with E-state index in [-0.39, 0.29) is 32.9 Å². The van der Waals surface area contributed by atoms with Crippen molar-refractivity contribution >= 4 is 50.8 Å². The number of methoxy groups -OCH3 is 3. The number of ether oxygens (including phenoxy) is 3. The van der Waals surface area contributed by atoms with Gasteiger partial charge in [-0.25, -0.2) is 0 Å². The standard InChI is InChI=1S/C21H27N5O7S/c1-13(27)20-12-18(26(29)30)21(34-20)24-23-16-11-19(33-5)17(10-15(16)22-14(2)28)25(6-8-31-3)7-9-32-4/h10-12H,6-9H2,1-5H3,(H,22,28). The number of amides is 1. The zero-order valence-electron chi connectivity index (χ0n) is 19.6. The summed E-state index contributed by atoms with van der Waals surface area (Å²) >= 11 is 0.865. The van der Waals surface area contributed by atoms with Crippen LogP contribution in [0.1, 0.15) is 23.5 Å². The normalized spacial score (nSPS) is 11.0. The van der Waals surface area contributed by atoms with E-state index in [4.69, 9.17) is 14.2 Å². The molecule has 0 aliphatic carbocycles. The first kappa shape index (κ1) is 26.8. The van der Waals surface area contributed by atoms with Crippen LogP contribution in [0.2, 0.25) is 0 Å². The van der Waals surface area contributed by atoms with Crippen LogP contribution in [0.15, 0.2) is 28.4 Å². The number of azo groups is 1. The van der Waals surface area contributed by atoms with E-state index in [1.54, 1.807) is 26.4 Å². The fourth-order valence-electron chi connectivity index (χ4n) is 2.94. The lowest BCUT2D eigenvalue weighted by Crippen LogP contribution is -2.31. The van der Waals surface area contributed by atoms with Crippen LogP contribution < -0.4 is 15.0 Å². The Bertz CT molecular complexity index is 1060. The summed E-state index contributed by atoms with van der Waals surface area (Å²) in [6, 6.07) is 4.43. The minimum Gasteiger partial charge on any atom is -0.494 e. The van der Waals surface area contributed by atoms with Crippen LogP contribution in [-0.4, -0.2) is 64.2 Å². The van der Waals surface area contributed by atoms with Gasteiger partial charge in [-0.15, -0.1) is 21.6 Å². The van der Waals surface area contributed by atoms with Gasteiger partial charge >= 0.3 is 5.69 Å². The summed E-state index contributed by atoms with van der Waals surface area (Å²) in [5.41, 5.74) is 0.897. The van der Waals surface area contributed by atoms with Crippen molar-refractivity contribution in [3.63, 3.8) is 0 Å². The molecule has 0 atom stereocenters. The van der Waals surface area contributed by atoms with Gasteiger partial charge in [-0.2, -0.15) is 0 Å². The monoisotopic (exact) mass is 493 g/mol. The highest BCUT2D eigenvalue weighted by Crippen LogP contribution is 2.42. The van der Waals surface area contributed by atoms with Crippen LogP contribution in [0.3, 0.4) is 0 Å². The molecule has 34 heavy (non-hydrogen) atoms. The van der Waals surface area contributed by atoms with E-state index in [1.165, 1.54) is 27.0 Å². The number of Topliss-reactive ketones (excluding diaryl/α,β-unsaturated/α-hetero) is 1. The Labute approximate surface area is 200 Å². The molecule has 0 unspecified atom stereocenters. The van der Waals surface area contributed by atoms with Crippen molar-refractivity contribution in [1.82, 2.24) is 0 Å². The fraction of sp³-hybridized carbons (Fsp3) is 0.429. The zero-order valence-corrected chi connectivity index (χ0v) is 20.4. The van der Waals surface area contributed by atoms with Crippen molar-refractivity contribution in [2.24, 2.45) is 10.2 Å². The smallest absolute Gasteiger partial charge is 0.308 e. The van der Waals surface area contributed by atoms with Gasteiger partial charge in [0, 0.05) is 46.4 Å². The number of anilines is 2. The number of benzene rings is 1. The number of carbonyl (C=O) groups excluding carboxylic acids is 2. The second kappa shape index (κ2) is 12.7. The van der Waals surface area contributed by atoms with Crippen molar-refractivity contribution in [2.45, 2.75) is 13.8 Å². The van der Waals surface area contributed by atoms with Crippen molar-refractivity contribution in [3.8, 4) is 5.75 Å². The topological polar surface area (TPSA) is 145 Å². The average molecular weight is 494 g/mol. The maximum Gasteiger partial charge on any atom is 0.308 e. The predicted octanol–water partition coefficient (Wildman–Crippen LogP) is 4.34. The van der Waals surface area contributed by atoms with E-state index in [2.05, 4.69) is 15.5 Å². The summed E-state index contributed by atoms with van der Waals surface area (Å²) in [6.07, 6.45) is 0. The molecule has 12 nitrogen and oxygen atoms in total. The number of hydrogen-bond donors (Lipinski definition) is 1. The van der Waals surface area contributed by atoms with Crippen molar-refractivity contribution in [2.75, 3.05) is 57.8 Å². The molecule has 0 spiro atoms. The molecular formula is C21H27N5O7S. The molecule has 0 saturated carbocycles. The molecule has 1 heterocycles. The van der Waals surface area contributed by atoms with E-state index in [1.807, 2.05) is 4.90 Å². The van der Waals surface area contributed by atoms with Gasteiger partial charge in [0.1, 0.15) is 11.4 Å². The van der Waals surface area contributed by atoms with Gasteiger partial charge in [0.05, 0.1) is 41.5 Å². The number of nitrogens with one attached hydrogen (secondary N) is 1. The molecule has 1 aromatic carbocycles. The quantitative estimate of drug-likeness (QED) is 0.188. The number of nitrogens with zero attached hydrogens (tertiary/aromatic N) is 4. The molecular weight excluding hydrogens is 466 g/mol. The molecule has 0 aliphatic rings. The second-order valence-corrected chi connectivity index (χ2v) is 8.04. The number of nitro groups is 1. The Kier molecular flexibility index (Phi) is 10.0. The third kappa shape index (κ3) is 7.04. The summed E-state index contributed by atoms with van der Waals surface area (Å²) in [6.45, 7) is 4.63. The number of ketones is 1. The number of thiophene rings is 1. The minimum absolute atomic E-state index is 0.0335. The first-order valence-electron chi connectivity index (χ1n) is 10.1. The van der Waals surface area contributed by atoms with Crippen LogP contribution in [0, 0.1) is 10.1 Å². The molecule has 0 radical (unpaired) electrons. The maximum atomic E-state index is 11.8. The van der Waals surface area contributed by atoms with Crippen LogP contribution >= 0.6 is 11.3 Å². The van der Waals surface area contributed by atoms with E-state index in [0.717, 1.165) is 11.3 Å². The van der Waals surface area contributed by atoms with E-state index in [9.17, 15) is 19.7 Å². The highest BCUT2D eigenvalue weighted by Gasteiger charge is 2.22. The molecule has 1 N–H and O–H groups in total. The highest BCUT2D eigenvalue weighted by atomic mass is 32.1. The lowest BCUT2D eigenvalue weighted by molar-refractivity contribution is -0.383. The minimum atomic E-state index is -0.626. The second-order valence-electron chi connectivity index (χ2n) is 7.01. The van der Waals surface area contributed by atoms with Crippen molar-refractivity contribution < 1.29 is 28.7 Å². The molecule has 0 aliphatic heterocycles. The predicted molar refractivity (Wildman–Crippen MR) is 128 cm³/mol. The van der Waals surface area contributed by atoms with E-state index < -0.39 is 4.92 Å². The summed E-state index contributed by atoms with van der Waals surface area (Å²) in [5.74, 6) is -0.207. The summed E-state index contributed by atoms with van der Waals surface area (Å²) in [5, 5.41) is 22.2. The summed E-state index contributed by atoms with van der Waals surface area (Å²) in [7, 11) is 4.68. The van der Waals surface area contributed by atoms with Gasteiger partial charge in [-0.3, -0.25) is 19.7 Å². The van der Waals surface area contributed by atoms with Gasteiger partial charge in [0.25, 0.3) is 0 Å². The van der Waals surface area contributed by atoms with Gasteiger partial charge in [-0.05, 0) is 13.0 Å². The first-order chi connectivity index (χ1) is 16.2. The molecule has 1 amide bonds. The Morgan fingerprint density at radius 1 is 1.09 bits per heavy atom. The Morgan fingerprint density at radius 3 is 2.24 bits per heavy atom. The zero-order chi connectivity index (χ0) is 25.3. The largest absolute Gasteiger partial charge is 0.494 e. The van der Waals surface area contributed by atoms with Crippen LogP contribution in [0.5, 0.6) is 5.75 Å². The van der Waals surface area contributed by atoms with Gasteiger partial charge in [0.2, 0.25) is 10.9 Å². The highest BCUT2D eigenvalue weighted by molar-refractivity contribution is 7.18. The van der Waals surface area contributed by atoms with Crippen molar-refractivity contribution in [1.29, 1.82) is 0 Å². The van der Waals surface area contributed by atoms with Crippen LogP contribution in [0.4, 0.5) is 27.8 Å². The molecule has 1 aromatic heterocycles. The summed E-state index contributed by atoms with van der Waals surface area (Å²) in [4.78, 5) is 36.4. The number of hydrogen-bond acceptors (Lipinski definition) is 11.